The summed E-state index contributed by atoms with van der Waals surface area (Å²) in [6.07, 6.45) is 3.04. The number of benzene rings is 2. The van der Waals surface area contributed by atoms with Crippen molar-refractivity contribution in [3.05, 3.63) is 58.7 Å². The van der Waals surface area contributed by atoms with Crippen molar-refractivity contribution in [1.82, 2.24) is 0 Å². The SMILES string of the molecule is CCc1cccc(CC)c1NC(=O)CCc1ccc(OC)c(C)c1. The van der Waals surface area contributed by atoms with Gasteiger partial charge in [-0.2, -0.15) is 0 Å². The molecule has 0 aliphatic rings. The average Bonchev–Trinajstić information content (AvgIpc) is 2.60. The average molecular weight is 325 g/mol. The number of methoxy groups -OCH3 is 1. The van der Waals surface area contributed by atoms with Crippen LogP contribution in [0.5, 0.6) is 5.75 Å². The molecule has 3 nitrogen and oxygen atoms in total. The van der Waals surface area contributed by atoms with Crippen molar-refractivity contribution in [2.45, 2.75) is 46.5 Å². The molecule has 0 radical (unpaired) electrons. The number of amides is 1. The monoisotopic (exact) mass is 325 g/mol. The number of para-hydroxylation sites is 1. The van der Waals surface area contributed by atoms with Crippen molar-refractivity contribution in [2.75, 3.05) is 12.4 Å². The van der Waals surface area contributed by atoms with Gasteiger partial charge in [-0.05, 0) is 54.5 Å². The molecule has 0 aliphatic heterocycles. The number of hydrogen-bond acceptors (Lipinski definition) is 2. The van der Waals surface area contributed by atoms with Crippen molar-refractivity contribution in [3.63, 3.8) is 0 Å². The van der Waals surface area contributed by atoms with Gasteiger partial charge in [0.25, 0.3) is 0 Å². The van der Waals surface area contributed by atoms with Crippen molar-refractivity contribution in [3.8, 4) is 5.75 Å². The third-order valence-corrected chi connectivity index (χ3v) is 4.36. The van der Waals surface area contributed by atoms with Gasteiger partial charge in [0.05, 0.1) is 7.11 Å². The number of carbonyl (C=O) groups excluding carboxylic acids is 1. The van der Waals surface area contributed by atoms with Crippen LogP contribution >= 0.6 is 0 Å². The highest BCUT2D eigenvalue weighted by molar-refractivity contribution is 5.92. The predicted octanol–water partition coefficient (Wildman–Crippen LogP) is 4.70. The molecule has 0 fully saturated rings. The first-order valence-corrected chi connectivity index (χ1v) is 8.63. The molecule has 3 heteroatoms. The van der Waals surface area contributed by atoms with E-state index >= 15 is 0 Å². The minimum Gasteiger partial charge on any atom is -0.496 e. The summed E-state index contributed by atoms with van der Waals surface area (Å²) in [7, 11) is 1.67. The second kappa shape index (κ2) is 8.53. The lowest BCUT2D eigenvalue weighted by Gasteiger charge is -2.14. The summed E-state index contributed by atoms with van der Waals surface area (Å²) < 4.78 is 5.28. The molecule has 0 spiro atoms. The minimum atomic E-state index is 0.0686. The molecule has 2 aromatic carbocycles. The van der Waals surface area contributed by atoms with Gasteiger partial charge in [0, 0.05) is 12.1 Å². The molecule has 128 valence electrons. The Kier molecular flexibility index (Phi) is 6.42. The van der Waals surface area contributed by atoms with E-state index in [1.54, 1.807) is 7.11 Å². The Balaban J connectivity index is 2.03. The number of hydrogen-bond donors (Lipinski definition) is 1. The van der Waals surface area contributed by atoms with E-state index in [2.05, 4.69) is 43.4 Å². The zero-order valence-corrected chi connectivity index (χ0v) is 15.1. The zero-order valence-electron chi connectivity index (χ0n) is 15.1. The smallest absolute Gasteiger partial charge is 0.224 e. The third-order valence-electron chi connectivity index (χ3n) is 4.36. The Bertz CT molecular complexity index is 685. The van der Waals surface area contributed by atoms with Crippen LogP contribution in [-0.2, 0) is 24.1 Å². The van der Waals surface area contributed by atoms with Gasteiger partial charge in [-0.3, -0.25) is 4.79 Å². The van der Waals surface area contributed by atoms with E-state index in [4.69, 9.17) is 4.74 Å². The highest BCUT2D eigenvalue weighted by Crippen LogP contribution is 2.23. The molecule has 0 atom stereocenters. The van der Waals surface area contributed by atoms with Gasteiger partial charge in [-0.25, -0.2) is 0 Å². The van der Waals surface area contributed by atoms with E-state index < -0.39 is 0 Å². The number of anilines is 1. The molecule has 0 saturated heterocycles. The standard InChI is InChI=1S/C21H27NO2/c1-5-17-8-7-9-18(6-2)21(17)22-20(23)13-11-16-10-12-19(24-4)15(3)14-16/h7-10,12,14H,5-6,11,13H2,1-4H3,(H,22,23). The molecule has 0 heterocycles. The summed E-state index contributed by atoms with van der Waals surface area (Å²) in [6.45, 7) is 6.25. The molecule has 1 N–H and O–H groups in total. The fourth-order valence-electron chi connectivity index (χ4n) is 2.96. The lowest BCUT2D eigenvalue weighted by molar-refractivity contribution is -0.116. The van der Waals surface area contributed by atoms with Gasteiger partial charge >= 0.3 is 0 Å². The largest absolute Gasteiger partial charge is 0.496 e. The van der Waals surface area contributed by atoms with E-state index in [-0.39, 0.29) is 5.91 Å². The fraction of sp³-hybridized carbons (Fsp3) is 0.381. The van der Waals surface area contributed by atoms with Gasteiger partial charge in [0.15, 0.2) is 0 Å². The Labute approximate surface area is 145 Å². The number of rotatable bonds is 7. The Morgan fingerprint density at radius 1 is 1.08 bits per heavy atom. The molecule has 0 unspecified atom stereocenters. The summed E-state index contributed by atoms with van der Waals surface area (Å²) >= 11 is 0. The molecule has 2 rings (SSSR count). The maximum atomic E-state index is 12.4. The maximum absolute atomic E-state index is 12.4. The third kappa shape index (κ3) is 4.38. The second-order valence-corrected chi connectivity index (χ2v) is 6.01. The van der Waals surface area contributed by atoms with Crippen LogP contribution in [0.4, 0.5) is 5.69 Å². The Morgan fingerprint density at radius 2 is 1.75 bits per heavy atom. The number of nitrogens with one attached hydrogen (secondary N) is 1. The molecule has 0 bridgehead atoms. The van der Waals surface area contributed by atoms with Crippen LogP contribution in [0.1, 0.15) is 42.5 Å². The van der Waals surface area contributed by atoms with Crippen LogP contribution in [0.25, 0.3) is 0 Å². The molecule has 1 amide bonds. The first kappa shape index (κ1) is 18.1. The van der Waals surface area contributed by atoms with Gasteiger partial charge in [0.2, 0.25) is 5.91 Å². The van der Waals surface area contributed by atoms with Crippen molar-refractivity contribution >= 4 is 11.6 Å². The Hall–Kier alpha value is -2.29. The molecule has 2 aromatic rings. The van der Waals surface area contributed by atoms with Crippen LogP contribution < -0.4 is 10.1 Å². The van der Waals surface area contributed by atoms with E-state index in [0.29, 0.717) is 6.42 Å². The van der Waals surface area contributed by atoms with Crippen LogP contribution in [-0.4, -0.2) is 13.0 Å². The molecule has 24 heavy (non-hydrogen) atoms. The summed E-state index contributed by atoms with van der Waals surface area (Å²) in [5.74, 6) is 0.951. The topological polar surface area (TPSA) is 38.3 Å². The number of carbonyl (C=O) groups is 1. The fourth-order valence-corrected chi connectivity index (χ4v) is 2.96. The van der Waals surface area contributed by atoms with Crippen molar-refractivity contribution < 1.29 is 9.53 Å². The van der Waals surface area contributed by atoms with E-state index in [1.165, 1.54) is 11.1 Å². The van der Waals surface area contributed by atoms with Gasteiger partial charge in [-0.1, -0.05) is 44.2 Å². The summed E-state index contributed by atoms with van der Waals surface area (Å²) in [5.41, 5.74) is 5.65. The molecular weight excluding hydrogens is 298 g/mol. The molecular formula is C21H27NO2. The number of ether oxygens (including phenoxy) is 1. The number of aryl methyl sites for hydroxylation is 4. The van der Waals surface area contributed by atoms with Crippen LogP contribution in [0.3, 0.4) is 0 Å². The summed E-state index contributed by atoms with van der Waals surface area (Å²) in [6, 6.07) is 12.3. The first-order valence-electron chi connectivity index (χ1n) is 8.63. The van der Waals surface area contributed by atoms with Crippen LogP contribution in [0.2, 0.25) is 0 Å². The minimum absolute atomic E-state index is 0.0686. The van der Waals surface area contributed by atoms with Crippen molar-refractivity contribution in [1.29, 1.82) is 0 Å². The Morgan fingerprint density at radius 3 is 2.29 bits per heavy atom. The van der Waals surface area contributed by atoms with E-state index in [0.717, 1.165) is 41.8 Å². The first-order chi connectivity index (χ1) is 11.6. The summed E-state index contributed by atoms with van der Waals surface area (Å²) in [4.78, 5) is 12.4. The van der Waals surface area contributed by atoms with Gasteiger partial charge in [-0.15, -0.1) is 0 Å². The molecule has 0 aliphatic carbocycles. The normalized spacial score (nSPS) is 10.5. The highest BCUT2D eigenvalue weighted by Gasteiger charge is 2.10. The van der Waals surface area contributed by atoms with Crippen LogP contribution in [0, 0.1) is 6.92 Å². The molecule has 0 saturated carbocycles. The molecule has 0 aromatic heterocycles. The lowest BCUT2D eigenvalue weighted by Crippen LogP contribution is -2.15. The van der Waals surface area contributed by atoms with Gasteiger partial charge < -0.3 is 10.1 Å². The zero-order chi connectivity index (χ0) is 17.5. The van der Waals surface area contributed by atoms with E-state index in [9.17, 15) is 4.79 Å². The van der Waals surface area contributed by atoms with E-state index in [1.807, 2.05) is 19.1 Å². The highest BCUT2D eigenvalue weighted by atomic mass is 16.5. The lowest BCUT2D eigenvalue weighted by atomic mass is 10.0. The van der Waals surface area contributed by atoms with Crippen molar-refractivity contribution in [2.24, 2.45) is 0 Å². The predicted molar refractivity (Wildman–Crippen MR) is 99.9 cm³/mol. The quantitative estimate of drug-likeness (QED) is 0.801. The second-order valence-electron chi connectivity index (χ2n) is 6.01. The summed E-state index contributed by atoms with van der Waals surface area (Å²) in [5, 5.41) is 3.12. The van der Waals surface area contributed by atoms with Gasteiger partial charge in [0.1, 0.15) is 5.75 Å². The maximum Gasteiger partial charge on any atom is 0.224 e. The van der Waals surface area contributed by atoms with Crippen LogP contribution in [0.15, 0.2) is 36.4 Å².